The van der Waals surface area contributed by atoms with Crippen LogP contribution in [0.3, 0.4) is 0 Å². The first-order valence-electron chi connectivity index (χ1n) is 6.68. The maximum atomic E-state index is 11.7. The number of benzene rings is 1. The summed E-state index contributed by atoms with van der Waals surface area (Å²) in [7, 11) is 0. The first kappa shape index (κ1) is 16.0. The largest absolute Gasteiger partial charge is 0.483 e. The Labute approximate surface area is 118 Å². The van der Waals surface area contributed by atoms with Crippen molar-refractivity contribution in [3.63, 3.8) is 0 Å². The predicted molar refractivity (Wildman–Crippen MR) is 75.7 cm³/mol. The lowest BCUT2D eigenvalue weighted by molar-refractivity contribution is -0.143. The molecule has 0 heterocycles. The molecule has 0 bridgehead atoms. The summed E-state index contributed by atoms with van der Waals surface area (Å²) in [5.74, 6) is -1.000. The number of aliphatic carboxylic acids is 1. The van der Waals surface area contributed by atoms with Crippen molar-refractivity contribution in [1.29, 1.82) is 0 Å². The molecule has 20 heavy (non-hydrogen) atoms. The summed E-state index contributed by atoms with van der Waals surface area (Å²) >= 11 is 0. The number of carboxylic acid groups (broad SMARTS) is 1. The molecule has 5 heteroatoms. The van der Waals surface area contributed by atoms with E-state index in [0.717, 1.165) is 12.0 Å². The molecule has 1 aromatic carbocycles. The molecule has 5 nitrogen and oxygen atoms in total. The Morgan fingerprint density at radius 1 is 1.30 bits per heavy atom. The van der Waals surface area contributed by atoms with Crippen LogP contribution in [-0.2, 0) is 16.0 Å². The Kier molecular flexibility index (Phi) is 6.03. The average molecular weight is 279 g/mol. The molecule has 0 aliphatic carbocycles. The third kappa shape index (κ3) is 4.57. The summed E-state index contributed by atoms with van der Waals surface area (Å²) in [6.07, 6.45) is 0.807. The number of para-hydroxylation sites is 1. The van der Waals surface area contributed by atoms with E-state index >= 15 is 0 Å². The van der Waals surface area contributed by atoms with Crippen LogP contribution in [0.2, 0.25) is 0 Å². The molecule has 1 amide bonds. The minimum Gasteiger partial charge on any atom is -0.483 e. The van der Waals surface area contributed by atoms with Crippen molar-refractivity contribution in [2.75, 3.05) is 6.61 Å². The van der Waals surface area contributed by atoms with Crippen LogP contribution in [0.4, 0.5) is 0 Å². The molecule has 0 spiro atoms. The molecular formula is C15H21NO4. The van der Waals surface area contributed by atoms with Gasteiger partial charge in [0.1, 0.15) is 11.8 Å². The first-order valence-corrected chi connectivity index (χ1v) is 6.68. The van der Waals surface area contributed by atoms with Crippen molar-refractivity contribution in [1.82, 2.24) is 5.32 Å². The van der Waals surface area contributed by atoms with Crippen LogP contribution in [-0.4, -0.2) is 29.6 Å². The molecule has 0 saturated carbocycles. The molecule has 110 valence electrons. The highest BCUT2D eigenvalue weighted by atomic mass is 16.5. The molecular weight excluding hydrogens is 258 g/mol. The molecule has 1 atom stereocenters. The minimum atomic E-state index is -1.04. The zero-order valence-electron chi connectivity index (χ0n) is 12.1. The second kappa shape index (κ2) is 7.53. The van der Waals surface area contributed by atoms with Crippen molar-refractivity contribution in [2.24, 2.45) is 5.92 Å². The van der Waals surface area contributed by atoms with Gasteiger partial charge in [-0.1, -0.05) is 39.0 Å². The van der Waals surface area contributed by atoms with E-state index in [1.54, 1.807) is 19.9 Å². The fourth-order valence-electron chi connectivity index (χ4n) is 1.81. The summed E-state index contributed by atoms with van der Waals surface area (Å²) in [4.78, 5) is 22.7. The number of carbonyl (C=O) groups is 2. The Morgan fingerprint density at radius 3 is 2.50 bits per heavy atom. The molecule has 0 saturated heterocycles. The van der Waals surface area contributed by atoms with Gasteiger partial charge in [0.25, 0.3) is 5.91 Å². The van der Waals surface area contributed by atoms with Crippen LogP contribution in [0.25, 0.3) is 0 Å². The van der Waals surface area contributed by atoms with Crippen molar-refractivity contribution in [3.05, 3.63) is 29.8 Å². The lowest BCUT2D eigenvalue weighted by Crippen LogP contribution is -2.46. The molecule has 0 aliphatic rings. The van der Waals surface area contributed by atoms with Gasteiger partial charge in [-0.2, -0.15) is 0 Å². The van der Waals surface area contributed by atoms with Gasteiger partial charge in [-0.15, -0.1) is 0 Å². The van der Waals surface area contributed by atoms with Crippen LogP contribution in [0.5, 0.6) is 5.75 Å². The first-order chi connectivity index (χ1) is 9.45. The van der Waals surface area contributed by atoms with Crippen LogP contribution in [0, 0.1) is 5.92 Å². The van der Waals surface area contributed by atoms with E-state index in [2.05, 4.69) is 5.32 Å². The highest BCUT2D eigenvalue weighted by Crippen LogP contribution is 2.18. The maximum absolute atomic E-state index is 11.7. The van der Waals surface area contributed by atoms with E-state index in [1.807, 2.05) is 25.1 Å². The van der Waals surface area contributed by atoms with Crippen LogP contribution in [0.1, 0.15) is 26.3 Å². The van der Waals surface area contributed by atoms with Crippen LogP contribution < -0.4 is 10.1 Å². The molecule has 0 aromatic heterocycles. The SMILES string of the molecule is CCc1ccccc1OCC(=O)N[C@@H](C(=O)O)C(C)C. The number of hydrogen-bond acceptors (Lipinski definition) is 3. The summed E-state index contributed by atoms with van der Waals surface area (Å²) in [6.45, 7) is 5.30. The van der Waals surface area contributed by atoms with Gasteiger partial charge in [0.2, 0.25) is 0 Å². The Hall–Kier alpha value is -2.04. The number of hydrogen-bond donors (Lipinski definition) is 2. The van der Waals surface area contributed by atoms with Crippen molar-refractivity contribution < 1.29 is 19.4 Å². The summed E-state index contributed by atoms with van der Waals surface area (Å²) in [5, 5.41) is 11.5. The number of nitrogens with one attached hydrogen (secondary N) is 1. The highest BCUT2D eigenvalue weighted by molar-refractivity contribution is 5.84. The van der Waals surface area contributed by atoms with E-state index < -0.39 is 17.9 Å². The molecule has 1 rings (SSSR count). The van der Waals surface area contributed by atoms with E-state index in [9.17, 15) is 9.59 Å². The van der Waals surface area contributed by atoms with Crippen molar-refractivity contribution >= 4 is 11.9 Å². The zero-order chi connectivity index (χ0) is 15.1. The van der Waals surface area contributed by atoms with Crippen molar-refractivity contribution in [2.45, 2.75) is 33.2 Å². The van der Waals surface area contributed by atoms with E-state index in [1.165, 1.54) is 0 Å². The third-order valence-electron chi connectivity index (χ3n) is 2.96. The van der Waals surface area contributed by atoms with Gasteiger partial charge in [0.05, 0.1) is 0 Å². The van der Waals surface area contributed by atoms with Gasteiger partial charge in [-0.05, 0) is 24.0 Å². The van der Waals surface area contributed by atoms with Gasteiger partial charge in [-0.25, -0.2) is 4.79 Å². The smallest absolute Gasteiger partial charge is 0.326 e. The number of carboxylic acids is 1. The van der Waals surface area contributed by atoms with Gasteiger partial charge in [-0.3, -0.25) is 4.79 Å². The fraction of sp³-hybridized carbons (Fsp3) is 0.467. The van der Waals surface area contributed by atoms with Crippen LogP contribution in [0.15, 0.2) is 24.3 Å². The van der Waals surface area contributed by atoms with E-state index in [0.29, 0.717) is 5.75 Å². The normalized spacial score (nSPS) is 12.0. The molecule has 1 aromatic rings. The second-order valence-corrected chi connectivity index (χ2v) is 4.88. The van der Waals surface area contributed by atoms with Gasteiger partial charge in [0, 0.05) is 0 Å². The Morgan fingerprint density at radius 2 is 1.95 bits per heavy atom. The monoisotopic (exact) mass is 279 g/mol. The number of ether oxygens (including phenoxy) is 1. The standard InChI is InChI=1S/C15H21NO4/c1-4-11-7-5-6-8-12(11)20-9-13(17)16-14(10(2)3)15(18)19/h5-8,10,14H,4,9H2,1-3H3,(H,16,17)(H,18,19)/t14-/m1/s1. The molecule has 0 unspecified atom stereocenters. The highest BCUT2D eigenvalue weighted by Gasteiger charge is 2.23. The minimum absolute atomic E-state index is 0.181. The van der Waals surface area contributed by atoms with Gasteiger partial charge < -0.3 is 15.2 Å². The van der Waals surface area contributed by atoms with Crippen molar-refractivity contribution in [3.8, 4) is 5.75 Å². The summed E-state index contributed by atoms with van der Waals surface area (Å²) < 4.78 is 5.45. The lowest BCUT2D eigenvalue weighted by Gasteiger charge is -2.18. The van der Waals surface area contributed by atoms with Crippen LogP contribution >= 0.6 is 0 Å². The molecule has 0 fully saturated rings. The quantitative estimate of drug-likeness (QED) is 0.798. The topological polar surface area (TPSA) is 75.6 Å². The summed E-state index contributed by atoms with van der Waals surface area (Å²) in [5.41, 5.74) is 1.01. The molecule has 0 radical (unpaired) electrons. The Bertz CT molecular complexity index is 471. The summed E-state index contributed by atoms with van der Waals surface area (Å²) in [6, 6.07) is 6.57. The fourth-order valence-corrected chi connectivity index (χ4v) is 1.81. The van der Waals surface area contributed by atoms with Gasteiger partial charge >= 0.3 is 5.97 Å². The average Bonchev–Trinajstić information content (AvgIpc) is 2.42. The van der Waals surface area contributed by atoms with E-state index in [4.69, 9.17) is 9.84 Å². The Balaban J connectivity index is 2.57. The lowest BCUT2D eigenvalue weighted by atomic mass is 10.1. The number of rotatable bonds is 7. The molecule has 2 N–H and O–H groups in total. The molecule has 0 aliphatic heterocycles. The predicted octanol–water partition coefficient (Wildman–Crippen LogP) is 1.85. The number of carbonyl (C=O) groups excluding carboxylic acids is 1. The second-order valence-electron chi connectivity index (χ2n) is 4.88. The van der Waals surface area contributed by atoms with E-state index in [-0.39, 0.29) is 12.5 Å². The maximum Gasteiger partial charge on any atom is 0.326 e. The third-order valence-corrected chi connectivity index (χ3v) is 2.96. The zero-order valence-corrected chi connectivity index (χ0v) is 12.1. The number of aryl methyl sites for hydroxylation is 1. The van der Waals surface area contributed by atoms with Gasteiger partial charge in [0.15, 0.2) is 6.61 Å². The number of amides is 1.